The minimum absolute atomic E-state index is 0.115. The molecule has 1 fully saturated rings. The SMILES string of the molecule is O=C[C@H](C[C@@H]1CCNC1=O)NC(=O)[C@H](Cc1ccccc1)NC(=O)c1n[nH]c2ccccc12. The van der Waals surface area contributed by atoms with E-state index in [1.807, 2.05) is 36.4 Å². The maximum atomic E-state index is 13.1. The summed E-state index contributed by atoms with van der Waals surface area (Å²) in [6.07, 6.45) is 1.70. The van der Waals surface area contributed by atoms with Crippen molar-refractivity contribution in [3.63, 3.8) is 0 Å². The summed E-state index contributed by atoms with van der Waals surface area (Å²) in [7, 11) is 0. The fourth-order valence-corrected chi connectivity index (χ4v) is 4.03. The van der Waals surface area contributed by atoms with Crippen LogP contribution >= 0.6 is 0 Å². The van der Waals surface area contributed by atoms with Crippen LogP contribution in [0.25, 0.3) is 10.9 Å². The van der Waals surface area contributed by atoms with Crippen LogP contribution < -0.4 is 16.0 Å². The number of hydrogen-bond donors (Lipinski definition) is 4. The topological polar surface area (TPSA) is 133 Å². The zero-order valence-electron chi connectivity index (χ0n) is 17.9. The molecule has 0 aliphatic carbocycles. The molecule has 4 rings (SSSR count). The second-order valence-corrected chi connectivity index (χ2v) is 8.10. The van der Waals surface area contributed by atoms with E-state index in [9.17, 15) is 19.2 Å². The van der Waals surface area contributed by atoms with Gasteiger partial charge in [0.15, 0.2) is 5.69 Å². The molecule has 170 valence electrons. The Balaban J connectivity index is 1.51. The van der Waals surface area contributed by atoms with E-state index >= 15 is 0 Å². The van der Waals surface area contributed by atoms with Crippen molar-refractivity contribution in [3.8, 4) is 0 Å². The van der Waals surface area contributed by atoms with Gasteiger partial charge in [0.25, 0.3) is 5.91 Å². The second-order valence-electron chi connectivity index (χ2n) is 8.10. The molecular formula is C24H25N5O4. The third kappa shape index (κ3) is 5.25. The van der Waals surface area contributed by atoms with E-state index in [4.69, 9.17) is 0 Å². The van der Waals surface area contributed by atoms with E-state index < -0.39 is 23.9 Å². The number of amides is 3. The molecule has 1 aliphatic rings. The maximum Gasteiger partial charge on any atom is 0.273 e. The van der Waals surface area contributed by atoms with Crippen LogP contribution in [0.4, 0.5) is 0 Å². The van der Waals surface area contributed by atoms with Crippen molar-refractivity contribution in [1.29, 1.82) is 0 Å². The first-order valence-corrected chi connectivity index (χ1v) is 10.9. The minimum Gasteiger partial charge on any atom is -0.356 e. The Morgan fingerprint density at radius 3 is 2.58 bits per heavy atom. The number of carbonyl (C=O) groups excluding carboxylic acids is 4. The van der Waals surface area contributed by atoms with Crippen LogP contribution in [0.15, 0.2) is 54.6 Å². The second kappa shape index (κ2) is 10.1. The van der Waals surface area contributed by atoms with Crippen molar-refractivity contribution in [1.82, 2.24) is 26.1 Å². The van der Waals surface area contributed by atoms with Gasteiger partial charge < -0.3 is 20.7 Å². The lowest BCUT2D eigenvalue weighted by Crippen LogP contribution is -2.51. The van der Waals surface area contributed by atoms with E-state index in [1.54, 1.807) is 18.2 Å². The summed E-state index contributed by atoms with van der Waals surface area (Å²) in [5.41, 5.74) is 1.75. The molecule has 0 spiro atoms. The number of aromatic nitrogens is 2. The van der Waals surface area contributed by atoms with E-state index in [1.165, 1.54) is 0 Å². The fourth-order valence-electron chi connectivity index (χ4n) is 4.03. The van der Waals surface area contributed by atoms with E-state index in [0.717, 1.165) is 5.56 Å². The van der Waals surface area contributed by atoms with Crippen molar-refractivity contribution in [3.05, 3.63) is 65.9 Å². The highest BCUT2D eigenvalue weighted by Crippen LogP contribution is 2.17. The van der Waals surface area contributed by atoms with Gasteiger partial charge in [-0.3, -0.25) is 19.5 Å². The molecule has 1 aliphatic heterocycles. The van der Waals surface area contributed by atoms with Gasteiger partial charge in [0.05, 0.1) is 11.6 Å². The number of nitrogens with zero attached hydrogens (tertiary/aromatic N) is 1. The van der Waals surface area contributed by atoms with Crippen molar-refractivity contribution in [2.75, 3.05) is 6.54 Å². The predicted octanol–water partition coefficient (Wildman–Crippen LogP) is 1.11. The normalized spacial score (nSPS) is 17.2. The third-order valence-electron chi connectivity index (χ3n) is 5.78. The molecule has 2 aromatic carbocycles. The Bertz CT molecular complexity index is 1160. The third-order valence-corrected chi connectivity index (χ3v) is 5.78. The van der Waals surface area contributed by atoms with Gasteiger partial charge in [0.1, 0.15) is 12.3 Å². The van der Waals surface area contributed by atoms with E-state index in [0.29, 0.717) is 30.2 Å². The summed E-state index contributed by atoms with van der Waals surface area (Å²) < 4.78 is 0. The zero-order valence-corrected chi connectivity index (χ0v) is 17.9. The Morgan fingerprint density at radius 1 is 1.09 bits per heavy atom. The smallest absolute Gasteiger partial charge is 0.273 e. The Hall–Kier alpha value is -4.01. The quantitative estimate of drug-likeness (QED) is 0.365. The van der Waals surface area contributed by atoms with Crippen LogP contribution in [0.2, 0.25) is 0 Å². The summed E-state index contributed by atoms with van der Waals surface area (Å²) in [4.78, 5) is 49.6. The van der Waals surface area contributed by atoms with Crippen LogP contribution in [0, 0.1) is 5.92 Å². The number of aldehydes is 1. The number of para-hydroxylation sites is 1. The number of hydrogen-bond acceptors (Lipinski definition) is 5. The number of benzene rings is 2. The molecule has 4 N–H and O–H groups in total. The molecular weight excluding hydrogens is 422 g/mol. The summed E-state index contributed by atoms with van der Waals surface area (Å²) in [5.74, 6) is -1.43. The lowest BCUT2D eigenvalue weighted by atomic mass is 9.98. The number of H-pyrrole nitrogens is 1. The van der Waals surface area contributed by atoms with Crippen LogP contribution in [0.5, 0.6) is 0 Å². The lowest BCUT2D eigenvalue weighted by Gasteiger charge is -2.22. The number of aromatic amines is 1. The summed E-state index contributed by atoms with van der Waals surface area (Å²) >= 11 is 0. The molecule has 0 radical (unpaired) electrons. The van der Waals surface area contributed by atoms with Crippen LogP contribution in [0.1, 0.15) is 28.9 Å². The first kappa shape index (κ1) is 22.2. The van der Waals surface area contributed by atoms with Crippen molar-refractivity contribution < 1.29 is 19.2 Å². The first-order chi connectivity index (χ1) is 16.0. The van der Waals surface area contributed by atoms with Gasteiger partial charge >= 0.3 is 0 Å². The van der Waals surface area contributed by atoms with Gasteiger partial charge in [-0.1, -0.05) is 48.5 Å². The Morgan fingerprint density at radius 2 is 1.85 bits per heavy atom. The minimum atomic E-state index is -0.935. The number of rotatable bonds is 9. The maximum absolute atomic E-state index is 13.1. The highest BCUT2D eigenvalue weighted by molar-refractivity contribution is 6.06. The lowest BCUT2D eigenvalue weighted by molar-refractivity contribution is -0.127. The largest absolute Gasteiger partial charge is 0.356 e. The van der Waals surface area contributed by atoms with Gasteiger partial charge in [-0.15, -0.1) is 0 Å². The average Bonchev–Trinajstić information content (AvgIpc) is 3.44. The number of nitrogens with one attached hydrogen (secondary N) is 4. The molecule has 0 saturated carbocycles. The molecule has 9 nitrogen and oxygen atoms in total. The molecule has 3 atom stereocenters. The Kier molecular flexibility index (Phi) is 6.77. The molecule has 33 heavy (non-hydrogen) atoms. The number of carbonyl (C=O) groups is 4. The van der Waals surface area contributed by atoms with Crippen LogP contribution in [0.3, 0.4) is 0 Å². The molecule has 2 heterocycles. The zero-order chi connectivity index (χ0) is 23.2. The van der Waals surface area contributed by atoms with E-state index in [2.05, 4.69) is 26.1 Å². The van der Waals surface area contributed by atoms with Crippen molar-refractivity contribution in [2.45, 2.75) is 31.3 Å². The predicted molar refractivity (Wildman–Crippen MR) is 121 cm³/mol. The fraction of sp³-hybridized carbons (Fsp3) is 0.292. The van der Waals surface area contributed by atoms with Gasteiger partial charge in [-0.2, -0.15) is 5.10 Å². The highest BCUT2D eigenvalue weighted by atomic mass is 16.2. The van der Waals surface area contributed by atoms with E-state index in [-0.39, 0.29) is 30.4 Å². The number of fused-ring (bicyclic) bond motifs is 1. The summed E-state index contributed by atoms with van der Waals surface area (Å²) in [5, 5.41) is 15.7. The molecule has 1 aromatic heterocycles. The van der Waals surface area contributed by atoms with Gasteiger partial charge in [0.2, 0.25) is 11.8 Å². The molecule has 0 unspecified atom stereocenters. The first-order valence-electron chi connectivity index (χ1n) is 10.9. The molecule has 9 heteroatoms. The average molecular weight is 447 g/mol. The molecule has 3 amide bonds. The van der Waals surface area contributed by atoms with Gasteiger partial charge in [0, 0.05) is 24.3 Å². The van der Waals surface area contributed by atoms with Crippen molar-refractivity contribution in [2.24, 2.45) is 5.92 Å². The van der Waals surface area contributed by atoms with Crippen LogP contribution in [-0.4, -0.2) is 52.8 Å². The van der Waals surface area contributed by atoms with Gasteiger partial charge in [-0.05, 0) is 24.5 Å². The Labute approximate surface area is 190 Å². The molecule has 3 aromatic rings. The standard InChI is InChI=1S/C24H25N5O4/c30-14-17(13-16-10-11-25-22(16)31)26-23(32)20(12-15-6-2-1-3-7-15)27-24(33)21-18-8-4-5-9-19(18)28-29-21/h1-9,14,16-17,20H,10-13H2,(H,25,31)(H,26,32)(H,27,33)(H,28,29)/t16-,17-,20-/m0/s1. The molecule has 0 bridgehead atoms. The van der Waals surface area contributed by atoms with Gasteiger partial charge in [-0.25, -0.2) is 0 Å². The summed E-state index contributed by atoms with van der Waals surface area (Å²) in [6, 6.07) is 14.7. The molecule has 1 saturated heterocycles. The van der Waals surface area contributed by atoms with Crippen molar-refractivity contribution >= 4 is 34.9 Å². The highest BCUT2D eigenvalue weighted by Gasteiger charge is 2.30. The van der Waals surface area contributed by atoms with Crippen LogP contribution in [-0.2, 0) is 20.8 Å². The monoisotopic (exact) mass is 447 g/mol. The summed E-state index contributed by atoms with van der Waals surface area (Å²) in [6.45, 7) is 0.563.